The molecule has 0 fully saturated rings. The van der Waals surface area contributed by atoms with Gasteiger partial charge in [0.2, 0.25) is 0 Å². The summed E-state index contributed by atoms with van der Waals surface area (Å²) in [4.78, 5) is 1.15. The van der Waals surface area contributed by atoms with Crippen molar-refractivity contribution in [1.29, 1.82) is 0 Å². The van der Waals surface area contributed by atoms with Crippen molar-refractivity contribution >= 4 is 11.8 Å². The molecule has 5 heteroatoms. The number of aryl methyl sites for hydroxylation is 1. The summed E-state index contributed by atoms with van der Waals surface area (Å²) in [5.41, 5.74) is 6.86. The largest absolute Gasteiger partial charge is 0.454 e. The third kappa shape index (κ3) is 3.30. The lowest BCUT2D eigenvalue weighted by molar-refractivity contribution is 0.472. The highest BCUT2D eigenvalue weighted by molar-refractivity contribution is 7.98. The predicted molar refractivity (Wildman–Crippen MR) is 78.7 cm³/mol. The Morgan fingerprint density at radius 1 is 1.42 bits per heavy atom. The van der Waals surface area contributed by atoms with E-state index in [0.29, 0.717) is 6.54 Å². The lowest BCUT2D eigenvalue weighted by Crippen LogP contribution is -2.01. The van der Waals surface area contributed by atoms with Crippen LogP contribution in [0.1, 0.15) is 18.9 Å². The number of hydrogen-bond acceptors (Lipinski definition) is 4. The Morgan fingerprint density at radius 3 is 2.95 bits per heavy atom. The van der Waals surface area contributed by atoms with Gasteiger partial charge >= 0.3 is 0 Å². The third-order valence-electron chi connectivity index (χ3n) is 2.80. The summed E-state index contributed by atoms with van der Waals surface area (Å²) in [7, 11) is 0. The number of ether oxygens (including phenoxy) is 1. The first-order chi connectivity index (χ1) is 9.28. The first-order valence-corrected chi connectivity index (χ1v) is 7.57. The van der Waals surface area contributed by atoms with E-state index in [4.69, 9.17) is 10.5 Å². The quantitative estimate of drug-likeness (QED) is 0.823. The highest BCUT2D eigenvalue weighted by atomic mass is 32.2. The van der Waals surface area contributed by atoms with Gasteiger partial charge in [-0.2, -0.15) is 5.10 Å². The molecule has 2 N–H and O–H groups in total. The van der Waals surface area contributed by atoms with Crippen LogP contribution in [0.2, 0.25) is 0 Å². The molecule has 0 spiro atoms. The Kier molecular flexibility index (Phi) is 4.87. The van der Waals surface area contributed by atoms with E-state index in [1.165, 1.54) is 0 Å². The van der Waals surface area contributed by atoms with Crippen molar-refractivity contribution in [2.75, 3.05) is 6.26 Å². The topological polar surface area (TPSA) is 53.1 Å². The lowest BCUT2D eigenvalue weighted by Gasteiger charge is -2.11. The first-order valence-electron chi connectivity index (χ1n) is 6.34. The summed E-state index contributed by atoms with van der Waals surface area (Å²) in [5, 5.41) is 4.26. The summed E-state index contributed by atoms with van der Waals surface area (Å²) in [5.74, 6) is 1.56. The average Bonchev–Trinajstić information content (AvgIpc) is 2.86. The molecule has 102 valence electrons. The Hall–Kier alpha value is -1.46. The van der Waals surface area contributed by atoms with Gasteiger partial charge in [-0.05, 0) is 24.8 Å². The normalized spacial score (nSPS) is 10.7. The second kappa shape index (κ2) is 6.63. The molecule has 0 saturated heterocycles. The Balaban J connectivity index is 2.22. The van der Waals surface area contributed by atoms with Gasteiger partial charge in [-0.25, -0.2) is 0 Å². The zero-order valence-electron chi connectivity index (χ0n) is 11.3. The molecule has 19 heavy (non-hydrogen) atoms. The van der Waals surface area contributed by atoms with Crippen LogP contribution in [0.15, 0.2) is 35.5 Å². The summed E-state index contributed by atoms with van der Waals surface area (Å²) < 4.78 is 7.78. The average molecular weight is 277 g/mol. The van der Waals surface area contributed by atoms with E-state index in [-0.39, 0.29) is 0 Å². The molecule has 0 saturated carbocycles. The van der Waals surface area contributed by atoms with Crippen LogP contribution in [0.25, 0.3) is 0 Å². The molecular weight excluding hydrogens is 258 g/mol. The fourth-order valence-electron chi connectivity index (χ4n) is 1.91. The minimum absolute atomic E-state index is 0.468. The molecular formula is C14H19N3OS. The van der Waals surface area contributed by atoms with Gasteiger partial charge in [0, 0.05) is 23.5 Å². The van der Waals surface area contributed by atoms with Crippen LogP contribution in [0.4, 0.5) is 0 Å². The Bertz CT molecular complexity index is 539. The van der Waals surface area contributed by atoms with Crippen molar-refractivity contribution in [3.05, 3.63) is 36.2 Å². The molecule has 4 nitrogen and oxygen atoms in total. The second-order valence-corrected chi connectivity index (χ2v) is 5.03. The van der Waals surface area contributed by atoms with Crippen molar-refractivity contribution < 1.29 is 4.74 Å². The highest BCUT2D eigenvalue weighted by Gasteiger charge is 2.09. The lowest BCUT2D eigenvalue weighted by atomic mass is 10.2. The minimum atomic E-state index is 0.468. The molecule has 0 unspecified atom stereocenters. The highest BCUT2D eigenvalue weighted by Crippen LogP contribution is 2.31. The minimum Gasteiger partial charge on any atom is -0.454 e. The van der Waals surface area contributed by atoms with Gasteiger partial charge in [0.1, 0.15) is 5.75 Å². The van der Waals surface area contributed by atoms with Crippen LogP contribution in [0, 0.1) is 0 Å². The van der Waals surface area contributed by atoms with Crippen molar-refractivity contribution in [2.45, 2.75) is 31.3 Å². The summed E-state index contributed by atoms with van der Waals surface area (Å²) in [6, 6.07) is 5.98. The van der Waals surface area contributed by atoms with Crippen LogP contribution in [-0.2, 0) is 13.1 Å². The predicted octanol–water partition coefficient (Wildman–Crippen LogP) is 3.27. The van der Waals surface area contributed by atoms with Crippen molar-refractivity contribution in [3.8, 4) is 11.5 Å². The molecule has 0 bridgehead atoms. The van der Waals surface area contributed by atoms with Crippen LogP contribution in [0.5, 0.6) is 11.5 Å². The number of nitrogens with zero attached hydrogens (tertiary/aromatic N) is 2. The summed E-state index contributed by atoms with van der Waals surface area (Å²) in [6.07, 6.45) is 6.74. The third-order valence-corrected chi connectivity index (χ3v) is 3.63. The molecule has 0 aliphatic carbocycles. The molecule has 0 atom stereocenters. The smallest absolute Gasteiger partial charge is 0.165 e. The summed E-state index contributed by atoms with van der Waals surface area (Å²) >= 11 is 1.68. The fourth-order valence-corrected chi connectivity index (χ4v) is 2.55. The number of thioether (sulfide) groups is 1. The van der Waals surface area contributed by atoms with Crippen LogP contribution >= 0.6 is 11.8 Å². The van der Waals surface area contributed by atoms with Gasteiger partial charge in [-0.15, -0.1) is 11.8 Å². The van der Waals surface area contributed by atoms with E-state index < -0.39 is 0 Å². The molecule has 2 rings (SSSR count). The maximum atomic E-state index is 5.89. The maximum Gasteiger partial charge on any atom is 0.165 e. The number of hydrogen-bond donors (Lipinski definition) is 1. The molecule has 1 aromatic carbocycles. The second-order valence-electron chi connectivity index (χ2n) is 4.18. The van der Waals surface area contributed by atoms with E-state index in [0.717, 1.165) is 34.9 Å². The molecule has 0 radical (unpaired) electrons. The van der Waals surface area contributed by atoms with E-state index in [9.17, 15) is 0 Å². The Morgan fingerprint density at radius 2 is 2.26 bits per heavy atom. The van der Waals surface area contributed by atoms with E-state index >= 15 is 0 Å². The maximum absolute atomic E-state index is 5.89. The fraction of sp³-hybridized carbons (Fsp3) is 0.357. The van der Waals surface area contributed by atoms with Gasteiger partial charge in [0.15, 0.2) is 5.75 Å². The Labute approximate surface area is 117 Å². The number of rotatable bonds is 6. The van der Waals surface area contributed by atoms with Gasteiger partial charge in [-0.3, -0.25) is 4.68 Å². The van der Waals surface area contributed by atoms with E-state index in [2.05, 4.69) is 18.1 Å². The molecule has 1 aromatic heterocycles. The zero-order chi connectivity index (χ0) is 13.7. The number of aromatic nitrogens is 2. The zero-order valence-corrected chi connectivity index (χ0v) is 12.1. The first kappa shape index (κ1) is 14.0. The van der Waals surface area contributed by atoms with Crippen molar-refractivity contribution in [3.63, 3.8) is 0 Å². The van der Waals surface area contributed by atoms with Gasteiger partial charge < -0.3 is 10.5 Å². The van der Waals surface area contributed by atoms with Crippen molar-refractivity contribution in [1.82, 2.24) is 9.78 Å². The van der Waals surface area contributed by atoms with E-state index in [1.54, 1.807) is 18.0 Å². The van der Waals surface area contributed by atoms with Crippen LogP contribution in [-0.4, -0.2) is 16.0 Å². The summed E-state index contributed by atoms with van der Waals surface area (Å²) in [6.45, 7) is 3.49. The molecule has 0 aliphatic rings. The monoisotopic (exact) mass is 277 g/mol. The van der Waals surface area contributed by atoms with E-state index in [1.807, 2.05) is 29.3 Å². The molecule has 1 heterocycles. The van der Waals surface area contributed by atoms with Gasteiger partial charge in [0.05, 0.1) is 12.4 Å². The van der Waals surface area contributed by atoms with Gasteiger partial charge in [-0.1, -0.05) is 13.0 Å². The molecule has 0 aliphatic heterocycles. The van der Waals surface area contributed by atoms with Crippen LogP contribution in [0.3, 0.4) is 0 Å². The van der Waals surface area contributed by atoms with Crippen LogP contribution < -0.4 is 10.5 Å². The molecule has 2 aromatic rings. The number of nitrogens with two attached hydrogens (primary N) is 1. The standard InChI is InChI=1S/C14H19N3OS/c1-3-7-17-10-11(9-16-17)18-13-5-4-6-14(19-2)12(13)8-15/h4-6,9-10H,3,7-8,15H2,1-2H3. The number of benzene rings is 1. The van der Waals surface area contributed by atoms with Gasteiger partial charge in [0.25, 0.3) is 0 Å². The SMILES string of the molecule is CCCn1cc(Oc2cccc(SC)c2CN)cn1. The molecule has 0 amide bonds. The van der Waals surface area contributed by atoms with Crippen molar-refractivity contribution in [2.24, 2.45) is 5.73 Å².